The largest absolute Gasteiger partial charge is 0.329 e. The Labute approximate surface area is 64.2 Å². The van der Waals surface area contributed by atoms with E-state index in [2.05, 4.69) is 4.98 Å². The molecule has 1 aliphatic rings. The first-order chi connectivity index (χ1) is 5.21. The number of H-pyrrole nitrogens is 1. The van der Waals surface area contributed by atoms with Gasteiger partial charge in [-0.3, -0.25) is 4.79 Å². The fraction of sp³-hybridized carbons (Fsp3) is 0.375. The van der Waals surface area contributed by atoms with E-state index in [9.17, 15) is 4.79 Å². The second kappa shape index (κ2) is 1.95. The van der Waals surface area contributed by atoms with Crippen molar-refractivity contribution in [2.24, 2.45) is 5.73 Å². The molecule has 0 amide bonds. The zero-order valence-electron chi connectivity index (χ0n) is 6.13. The van der Waals surface area contributed by atoms with Crippen LogP contribution in [0.15, 0.2) is 23.1 Å². The van der Waals surface area contributed by atoms with Gasteiger partial charge in [-0.05, 0) is 24.5 Å². The van der Waals surface area contributed by atoms with Crippen molar-refractivity contribution in [1.82, 2.24) is 4.98 Å². The molecule has 1 aromatic rings. The van der Waals surface area contributed by atoms with E-state index in [1.165, 1.54) is 0 Å². The molecule has 58 valence electrons. The van der Waals surface area contributed by atoms with E-state index in [4.69, 9.17) is 5.73 Å². The standard InChI is InChI=1S/C8H10N2O/c9-8(2-3-8)6-1-4-10-7(11)5-6/h1,4-5H,2-3,9H2,(H,10,11). The zero-order chi connectivity index (χ0) is 7.90. The van der Waals surface area contributed by atoms with Crippen LogP contribution in [0, 0.1) is 0 Å². The molecule has 3 N–H and O–H groups in total. The molecule has 0 spiro atoms. The van der Waals surface area contributed by atoms with Gasteiger partial charge in [-0.15, -0.1) is 0 Å². The third kappa shape index (κ3) is 1.07. The summed E-state index contributed by atoms with van der Waals surface area (Å²) in [5.74, 6) is 0. The lowest BCUT2D eigenvalue weighted by Crippen LogP contribution is -2.21. The van der Waals surface area contributed by atoms with Gasteiger partial charge in [0.05, 0.1) is 0 Å². The predicted molar refractivity (Wildman–Crippen MR) is 42.2 cm³/mol. The topological polar surface area (TPSA) is 58.9 Å². The van der Waals surface area contributed by atoms with Crippen LogP contribution in [-0.2, 0) is 5.54 Å². The summed E-state index contributed by atoms with van der Waals surface area (Å²) < 4.78 is 0. The summed E-state index contributed by atoms with van der Waals surface area (Å²) in [6.45, 7) is 0. The second-order valence-electron chi connectivity index (χ2n) is 3.10. The number of aromatic amines is 1. The van der Waals surface area contributed by atoms with Crippen LogP contribution in [0.2, 0.25) is 0 Å². The summed E-state index contributed by atoms with van der Waals surface area (Å²) in [5.41, 5.74) is 6.59. The molecule has 1 heterocycles. The summed E-state index contributed by atoms with van der Waals surface area (Å²) in [6.07, 6.45) is 3.64. The first-order valence-electron chi connectivity index (χ1n) is 3.69. The minimum Gasteiger partial charge on any atom is -0.329 e. The monoisotopic (exact) mass is 150 g/mol. The van der Waals surface area contributed by atoms with Crippen LogP contribution >= 0.6 is 0 Å². The molecule has 3 heteroatoms. The minimum atomic E-state index is -0.186. The molecule has 0 radical (unpaired) electrons. The molecule has 1 aliphatic carbocycles. The maximum Gasteiger partial charge on any atom is 0.248 e. The average Bonchev–Trinajstić information content (AvgIpc) is 2.70. The Morgan fingerprint density at radius 1 is 1.55 bits per heavy atom. The van der Waals surface area contributed by atoms with Crippen molar-refractivity contribution in [3.05, 3.63) is 34.2 Å². The van der Waals surface area contributed by atoms with Gasteiger partial charge in [0.2, 0.25) is 5.56 Å². The van der Waals surface area contributed by atoms with Crippen LogP contribution in [-0.4, -0.2) is 4.98 Å². The fourth-order valence-electron chi connectivity index (χ4n) is 1.18. The number of aromatic nitrogens is 1. The SMILES string of the molecule is NC1(c2cc[nH]c(=O)c2)CC1. The van der Waals surface area contributed by atoms with Gasteiger partial charge in [-0.25, -0.2) is 0 Å². The van der Waals surface area contributed by atoms with Crippen molar-refractivity contribution in [3.63, 3.8) is 0 Å². The Bertz CT molecular complexity index is 325. The molecular formula is C8H10N2O. The van der Waals surface area contributed by atoms with E-state index in [0.29, 0.717) is 0 Å². The lowest BCUT2D eigenvalue weighted by molar-refractivity contribution is 0.736. The third-order valence-corrected chi connectivity index (χ3v) is 2.14. The number of hydrogen-bond acceptors (Lipinski definition) is 2. The van der Waals surface area contributed by atoms with E-state index in [-0.39, 0.29) is 11.1 Å². The first kappa shape index (κ1) is 6.61. The van der Waals surface area contributed by atoms with E-state index in [1.807, 2.05) is 6.07 Å². The van der Waals surface area contributed by atoms with Gasteiger partial charge in [0.1, 0.15) is 0 Å². The quantitative estimate of drug-likeness (QED) is 0.605. The molecule has 1 saturated carbocycles. The second-order valence-corrected chi connectivity index (χ2v) is 3.10. The molecule has 3 nitrogen and oxygen atoms in total. The van der Waals surface area contributed by atoms with Crippen LogP contribution in [0.4, 0.5) is 0 Å². The Morgan fingerprint density at radius 3 is 2.82 bits per heavy atom. The van der Waals surface area contributed by atoms with Gasteiger partial charge in [-0.1, -0.05) is 0 Å². The third-order valence-electron chi connectivity index (χ3n) is 2.14. The fourth-order valence-corrected chi connectivity index (χ4v) is 1.18. The molecule has 0 atom stereocenters. The Balaban J connectivity index is 2.46. The van der Waals surface area contributed by atoms with Crippen molar-refractivity contribution < 1.29 is 0 Å². The number of nitrogens with one attached hydrogen (secondary N) is 1. The summed E-state index contributed by atoms with van der Waals surface area (Å²) in [4.78, 5) is 13.4. The molecule has 0 aliphatic heterocycles. The van der Waals surface area contributed by atoms with Crippen LogP contribution in [0.1, 0.15) is 18.4 Å². The highest BCUT2D eigenvalue weighted by atomic mass is 16.1. The molecule has 0 unspecified atom stereocenters. The van der Waals surface area contributed by atoms with Crippen LogP contribution in [0.5, 0.6) is 0 Å². The first-order valence-corrected chi connectivity index (χ1v) is 3.69. The Kier molecular flexibility index (Phi) is 1.17. The van der Waals surface area contributed by atoms with Crippen molar-refractivity contribution in [1.29, 1.82) is 0 Å². The molecule has 0 bridgehead atoms. The molecule has 2 rings (SSSR count). The predicted octanol–water partition coefficient (Wildman–Crippen LogP) is 0.323. The van der Waals surface area contributed by atoms with E-state index in [1.54, 1.807) is 12.3 Å². The minimum absolute atomic E-state index is 0.0702. The van der Waals surface area contributed by atoms with Crippen LogP contribution in [0.3, 0.4) is 0 Å². The summed E-state index contributed by atoms with van der Waals surface area (Å²) in [7, 11) is 0. The maximum atomic E-state index is 10.9. The van der Waals surface area contributed by atoms with Gasteiger partial charge in [0.15, 0.2) is 0 Å². The highest BCUT2D eigenvalue weighted by Crippen LogP contribution is 2.41. The molecule has 1 fully saturated rings. The Morgan fingerprint density at radius 2 is 2.27 bits per heavy atom. The van der Waals surface area contributed by atoms with Gasteiger partial charge in [0.25, 0.3) is 0 Å². The lowest BCUT2D eigenvalue weighted by Gasteiger charge is -2.06. The number of nitrogens with two attached hydrogens (primary N) is 1. The average molecular weight is 150 g/mol. The van der Waals surface area contributed by atoms with E-state index >= 15 is 0 Å². The smallest absolute Gasteiger partial charge is 0.248 e. The van der Waals surface area contributed by atoms with Crippen molar-refractivity contribution in [2.75, 3.05) is 0 Å². The van der Waals surface area contributed by atoms with E-state index < -0.39 is 0 Å². The maximum absolute atomic E-state index is 10.9. The summed E-state index contributed by atoms with van der Waals surface area (Å²) in [6, 6.07) is 3.45. The van der Waals surface area contributed by atoms with Crippen molar-refractivity contribution >= 4 is 0 Å². The van der Waals surface area contributed by atoms with Gasteiger partial charge in [-0.2, -0.15) is 0 Å². The number of rotatable bonds is 1. The van der Waals surface area contributed by atoms with Gasteiger partial charge < -0.3 is 10.7 Å². The Hall–Kier alpha value is -1.09. The highest BCUT2D eigenvalue weighted by molar-refractivity contribution is 5.26. The highest BCUT2D eigenvalue weighted by Gasteiger charge is 2.39. The number of pyridine rings is 1. The normalized spacial score (nSPS) is 19.7. The van der Waals surface area contributed by atoms with Crippen molar-refractivity contribution in [3.8, 4) is 0 Å². The van der Waals surface area contributed by atoms with Gasteiger partial charge in [0, 0.05) is 17.8 Å². The summed E-state index contributed by atoms with van der Waals surface area (Å²) in [5, 5.41) is 0. The molecular weight excluding hydrogens is 140 g/mol. The summed E-state index contributed by atoms with van der Waals surface area (Å²) >= 11 is 0. The van der Waals surface area contributed by atoms with E-state index in [0.717, 1.165) is 18.4 Å². The van der Waals surface area contributed by atoms with Gasteiger partial charge >= 0.3 is 0 Å². The number of hydrogen-bond donors (Lipinski definition) is 2. The zero-order valence-corrected chi connectivity index (χ0v) is 6.13. The molecule has 11 heavy (non-hydrogen) atoms. The molecule has 0 saturated heterocycles. The van der Waals surface area contributed by atoms with Crippen LogP contribution in [0.25, 0.3) is 0 Å². The molecule has 1 aromatic heterocycles. The lowest BCUT2D eigenvalue weighted by atomic mass is 10.1. The van der Waals surface area contributed by atoms with Crippen LogP contribution < -0.4 is 11.3 Å². The van der Waals surface area contributed by atoms with Crippen molar-refractivity contribution in [2.45, 2.75) is 18.4 Å². The molecule has 0 aromatic carbocycles.